The zero-order valence-electron chi connectivity index (χ0n) is 21.1. The van der Waals surface area contributed by atoms with Crippen LogP contribution in [0.5, 0.6) is 0 Å². The minimum absolute atomic E-state index is 0.0314. The average Bonchev–Trinajstić information content (AvgIpc) is 3.80. The number of rotatable bonds is 9. The molecule has 4 aliphatic rings. The molecule has 4 atom stereocenters. The number of fused-ring (bicyclic) bond motifs is 1. The zero-order chi connectivity index (χ0) is 26.2. The Kier molecular flexibility index (Phi) is 6.80. The molecule has 3 aliphatic carbocycles. The van der Waals surface area contributed by atoms with Crippen LogP contribution in [0.3, 0.4) is 0 Å². The molecule has 1 heterocycles. The van der Waals surface area contributed by atoms with Gasteiger partial charge in [-0.25, -0.2) is 0 Å². The topological polar surface area (TPSA) is 129 Å². The molecular formula is C29H33N3O5. The third kappa shape index (κ3) is 5.13. The predicted molar refractivity (Wildman–Crippen MR) is 136 cm³/mol. The smallest absolute Gasteiger partial charge is 0.303 e. The van der Waals surface area contributed by atoms with E-state index in [4.69, 9.17) is 9.84 Å². The summed E-state index contributed by atoms with van der Waals surface area (Å²) in [5.74, 6) is -0.138. The number of carbonyl (C=O) groups is 3. The largest absolute Gasteiger partial charge is 0.494 e. The highest BCUT2D eigenvalue weighted by Crippen LogP contribution is 2.65. The van der Waals surface area contributed by atoms with Gasteiger partial charge in [-0.05, 0) is 79.7 Å². The van der Waals surface area contributed by atoms with Gasteiger partial charge < -0.3 is 20.5 Å². The van der Waals surface area contributed by atoms with Crippen LogP contribution in [0.2, 0.25) is 0 Å². The van der Waals surface area contributed by atoms with Crippen molar-refractivity contribution in [2.24, 2.45) is 29.1 Å². The highest BCUT2D eigenvalue weighted by molar-refractivity contribution is 5.96. The summed E-state index contributed by atoms with van der Waals surface area (Å²) < 4.78 is 5.97. The molecule has 8 nitrogen and oxygen atoms in total. The van der Waals surface area contributed by atoms with Gasteiger partial charge in [0.15, 0.2) is 0 Å². The minimum atomic E-state index is -0.863. The van der Waals surface area contributed by atoms with Gasteiger partial charge in [-0.2, -0.15) is 5.26 Å². The number of aliphatic carboxylic acids is 1. The molecule has 2 unspecified atom stereocenters. The molecule has 2 fully saturated rings. The summed E-state index contributed by atoms with van der Waals surface area (Å²) in [5, 5.41) is 24.5. The summed E-state index contributed by atoms with van der Waals surface area (Å²) in [6, 6.07) is 7.23. The molecule has 5 rings (SSSR count). The van der Waals surface area contributed by atoms with Gasteiger partial charge in [0.2, 0.25) is 11.8 Å². The summed E-state index contributed by atoms with van der Waals surface area (Å²) in [5.41, 5.74) is 2.56. The van der Waals surface area contributed by atoms with Crippen molar-refractivity contribution in [2.45, 2.75) is 51.9 Å². The number of ether oxygens (including phenoxy) is 1. The molecule has 8 heteroatoms. The fourth-order valence-electron chi connectivity index (χ4n) is 6.01. The molecule has 0 radical (unpaired) electrons. The second kappa shape index (κ2) is 10.0. The number of carboxylic acids is 1. The number of hydrogen-bond acceptors (Lipinski definition) is 5. The molecule has 1 aliphatic heterocycles. The third-order valence-corrected chi connectivity index (χ3v) is 8.35. The molecule has 2 amide bonds. The summed E-state index contributed by atoms with van der Waals surface area (Å²) in [6.07, 6.45) is 8.59. The second-order valence-corrected chi connectivity index (χ2v) is 10.9. The van der Waals surface area contributed by atoms with Crippen LogP contribution in [-0.2, 0) is 25.5 Å². The zero-order valence-corrected chi connectivity index (χ0v) is 21.1. The first-order valence-electron chi connectivity index (χ1n) is 13.2. The van der Waals surface area contributed by atoms with Crippen molar-refractivity contribution < 1.29 is 24.2 Å². The van der Waals surface area contributed by atoms with Crippen molar-refractivity contribution in [3.8, 4) is 6.07 Å². The van der Waals surface area contributed by atoms with Crippen LogP contribution in [0, 0.1) is 40.4 Å². The lowest BCUT2D eigenvalue weighted by atomic mass is 9.72. The van der Waals surface area contributed by atoms with Gasteiger partial charge in [-0.1, -0.05) is 19.1 Å². The number of nitriles is 1. The minimum Gasteiger partial charge on any atom is -0.494 e. The summed E-state index contributed by atoms with van der Waals surface area (Å²) in [6.45, 7) is 3.31. The van der Waals surface area contributed by atoms with Crippen LogP contribution in [0.1, 0.15) is 56.6 Å². The molecule has 3 N–H and O–H groups in total. The number of anilines is 1. The second-order valence-electron chi connectivity index (χ2n) is 10.9. The lowest BCUT2D eigenvalue weighted by molar-refractivity contribution is -0.137. The normalized spacial score (nSPS) is 27.6. The Morgan fingerprint density at radius 1 is 1.24 bits per heavy atom. The lowest BCUT2D eigenvalue weighted by Crippen LogP contribution is -2.39. The van der Waals surface area contributed by atoms with Gasteiger partial charge in [-0.15, -0.1) is 0 Å². The number of aryl methyl sites for hydroxylation is 1. The monoisotopic (exact) mass is 503 g/mol. The Balaban J connectivity index is 1.31. The van der Waals surface area contributed by atoms with Crippen molar-refractivity contribution in [2.75, 3.05) is 18.5 Å². The number of nitrogens with zero attached hydrogens (tertiary/aromatic N) is 1. The molecule has 1 spiro atoms. The van der Waals surface area contributed by atoms with E-state index in [9.17, 15) is 19.6 Å². The Labute approximate surface area is 216 Å². The van der Waals surface area contributed by atoms with E-state index in [1.807, 2.05) is 12.2 Å². The third-order valence-electron chi connectivity index (χ3n) is 8.35. The SMILES string of the molecule is CC1C2=C(C=CC1C(=O)NCC1CC1)OCC[C@]21C[C@H]1C(=O)Nc1cc(C#N)ccc1CCCC(=O)O. The molecule has 0 aromatic heterocycles. The van der Waals surface area contributed by atoms with E-state index in [-0.39, 0.29) is 41.4 Å². The lowest BCUT2D eigenvalue weighted by Gasteiger charge is -2.37. The fourth-order valence-corrected chi connectivity index (χ4v) is 6.01. The maximum Gasteiger partial charge on any atom is 0.303 e. The average molecular weight is 504 g/mol. The molecule has 1 aromatic rings. The number of amides is 2. The number of carboxylic acid groups (broad SMARTS) is 1. The van der Waals surface area contributed by atoms with E-state index in [0.29, 0.717) is 43.0 Å². The van der Waals surface area contributed by atoms with E-state index in [1.54, 1.807) is 18.2 Å². The predicted octanol–water partition coefficient (Wildman–Crippen LogP) is 3.93. The van der Waals surface area contributed by atoms with E-state index < -0.39 is 5.97 Å². The fraction of sp³-hybridized carbons (Fsp3) is 0.517. The summed E-state index contributed by atoms with van der Waals surface area (Å²) in [4.78, 5) is 37.4. The van der Waals surface area contributed by atoms with Gasteiger partial charge in [0.1, 0.15) is 5.76 Å². The van der Waals surface area contributed by atoms with Gasteiger partial charge >= 0.3 is 5.97 Å². The van der Waals surface area contributed by atoms with Crippen molar-refractivity contribution in [3.63, 3.8) is 0 Å². The highest BCUT2D eigenvalue weighted by Gasteiger charge is 2.63. The Bertz CT molecular complexity index is 1220. The summed E-state index contributed by atoms with van der Waals surface area (Å²) >= 11 is 0. The molecule has 0 bridgehead atoms. The molecule has 1 aromatic carbocycles. The van der Waals surface area contributed by atoms with E-state index >= 15 is 0 Å². The van der Waals surface area contributed by atoms with E-state index in [2.05, 4.69) is 23.6 Å². The quantitative estimate of drug-likeness (QED) is 0.468. The van der Waals surface area contributed by atoms with Crippen LogP contribution >= 0.6 is 0 Å². The molecule has 37 heavy (non-hydrogen) atoms. The molecule has 0 saturated heterocycles. The Morgan fingerprint density at radius 3 is 2.78 bits per heavy atom. The Morgan fingerprint density at radius 2 is 2.05 bits per heavy atom. The van der Waals surface area contributed by atoms with E-state index in [0.717, 1.165) is 29.9 Å². The van der Waals surface area contributed by atoms with Crippen LogP contribution < -0.4 is 10.6 Å². The number of allylic oxidation sites excluding steroid dienone is 2. The van der Waals surface area contributed by atoms with Crippen molar-refractivity contribution in [1.29, 1.82) is 5.26 Å². The van der Waals surface area contributed by atoms with Gasteiger partial charge in [0, 0.05) is 30.0 Å². The van der Waals surface area contributed by atoms with Crippen LogP contribution in [0.4, 0.5) is 5.69 Å². The van der Waals surface area contributed by atoms with Crippen LogP contribution in [0.15, 0.2) is 41.7 Å². The number of carbonyl (C=O) groups excluding carboxylic acids is 2. The molecule has 194 valence electrons. The summed E-state index contributed by atoms with van der Waals surface area (Å²) in [7, 11) is 0. The number of hydrogen-bond donors (Lipinski definition) is 3. The molecule has 2 saturated carbocycles. The van der Waals surface area contributed by atoms with Crippen molar-refractivity contribution >= 4 is 23.5 Å². The number of nitrogens with one attached hydrogen (secondary N) is 2. The molecular weight excluding hydrogens is 470 g/mol. The van der Waals surface area contributed by atoms with Gasteiger partial charge in [0.05, 0.1) is 24.2 Å². The van der Waals surface area contributed by atoms with Gasteiger partial charge in [-0.3, -0.25) is 14.4 Å². The number of benzene rings is 1. The first-order chi connectivity index (χ1) is 17.8. The maximum absolute atomic E-state index is 13.5. The Hall–Kier alpha value is -3.60. The maximum atomic E-state index is 13.5. The van der Waals surface area contributed by atoms with Crippen molar-refractivity contribution in [1.82, 2.24) is 5.32 Å². The van der Waals surface area contributed by atoms with Gasteiger partial charge in [0.25, 0.3) is 0 Å². The van der Waals surface area contributed by atoms with Crippen molar-refractivity contribution in [3.05, 3.63) is 52.8 Å². The first kappa shape index (κ1) is 25.1. The van der Waals surface area contributed by atoms with Crippen LogP contribution in [0.25, 0.3) is 0 Å². The standard InChI is InChI=1S/C29H33N3O5/c1-17-21(27(35)31-16-18-5-6-18)9-10-24-26(17)29(11-12-37-24)14-22(29)28(36)32-23-13-19(15-30)7-8-20(23)3-2-4-25(33)34/h7-10,13,17-18,21-22H,2-6,11-12,14,16H2,1H3,(H,31,35)(H,32,36)(H,33,34)/t17?,21?,22-,29+/m0/s1. The van der Waals surface area contributed by atoms with E-state index in [1.165, 1.54) is 12.8 Å². The highest BCUT2D eigenvalue weighted by atomic mass is 16.5. The van der Waals surface area contributed by atoms with Crippen LogP contribution in [-0.4, -0.2) is 36.0 Å². The first-order valence-corrected chi connectivity index (χ1v) is 13.2.